The zero-order valence-corrected chi connectivity index (χ0v) is 25.1. The van der Waals surface area contributed by atoms with Crippen molar-refractivity contribution in [2.24, 2.45) is 4.99 Å². The number of allylic oxidation sites excluding steroid dienone is 4. The Hall–Kier alpha value is -0.416. The lowest BCUT2D eigenvalue weighted by Crippen LogP contribution is -2.33. The van der Waals surface area contributed by atoms with Crippen LogP contribution in [-0.2, 0) is 0 Å². The van der Waals surface area contributed by atoms with Crippen LogP contribution < -0.4 is 0 Å². The van der Waals surface area contributed by atoms with Gasteiger partial charge in [0.15, 0.2) is 0 Å². The summed E-state index contributed by atoms with van der Waals surface area (Å²) in [6.45, 7) is 14.9. The Morgan fingerprint density at radius 2 is 1.00 bits per heavy atom. The fourth-order valence-corrected chi connectivity index (χ4v) is 15.6. The Labute approximate surface area is 205 Å². The maximum absolute atomic E-state index is 4.85. The van der Waals surface area contributed by atoms with Crippen LogP contribution in [0.25, 0.3) is 0 Å². The molecule has 3 heteroatoms. The molecule has 0 unspecified atom stereocenters. The van der Waals surface area contributed by atoms with Gasteiger partial charge in [-0.25, -0.2) is 0 Å². The van der Waals surface area contributed by atoms with Crippen molar-refractivity contribution in [2.45, 2.75) is 148 Å². The zero-order valence-electron chi connectivity index (χ0n) is 23.1. The predicted octanol–water partition coefficient (Wildman–Crippen LogP) is 10.7. The summed E-state index contributed by atoms with van der Waals surface area (Å²) in [5.74, 6) is 0. The Balaban J connectivity index is 4.27. The van der Waals surface area contributed by atoms with E-state index in [1.54, 1.807) is 6.04 Å². The summed E-state index contributed by atoms with van der Waals surface area (Å²) in [6.07, 6.45) is 24.2. The van der Waals surface area contributed by atoms with Gasteiger partial charge in [0.1, 0.15) is 0 Å². The third-order valence-electron chi connectivity index (χ3n) is 7.34. The Morgan fingerprint density at radius 1 is 0.531 bits per heavy atom. The van der Waals surface area contributed by atoms with Gasteiger partial charge in [0.2, 0.25) is 0 Å². The van der Waals surface area contributed by atoms with Gasteiger partial charge in [0, 0.05) is 6.54 Å². The predicted molar refractivity (Wildman–Crippen MR) is 157 cm³/mol. The van der Waals surface area contributed by atoms with Crippen molar-refractivity contribution < 1.29 is 0 Å². The molecule has 0 aliphatic heterocycles. The zero-order chi connectivity index (χ0) is 24.0. The molecule has 0 heterocycles. The fourth-order valence-electron chi connectivity index (χ4n) is 5.74. The van der Waals surface area contributed by atoms with Gasteiger partial charge in [-0.15, -0.1) is 0 Å². The smallest absolute Gasteiger partial charge is 0.0626 e. The highest BCUT2D eigenvalue weighted by Gasteiger charge is 2.29. The van der Waals surface area contributed by atoms with Crippen LogP contribution in [0.4, 0.5) is 0 Å². The highest BCUT2D eigenvalue weighted by atomic mass is 28.3. The third-order valence-corrected chi connectivity index (χ3v) is 18.3. The maximum atomic E-state index is 4.85. The monoisotopic (exact) mass is 477 g/mol. The molecule has 0 aromatic carbocycles. The van der Waals surface area contributed by atoms with E-state index in [0.29, 0.717) is 0 Å². The van der Waals surface area contributed by atoms with Crippen LogP contribution in [0.2, 0.25) is 48.4 Å². The van der Waals surface area contributed by atoms with Crippen LogP contribution in [0.5, 0.6) is 0 Å². The van der Waals surface area contributed by atoms with E-state index in [1.165, 1.54) is 100 Å². The first-order chi connectivity index (χ1) is 15.6. The number of rotatable bonds is 22. The molecule has 0 bridgehead atoms. The molecule has 0 aliphatic carbocycles. The molecule has 0 aromatic heterocycles. The molecule has 0 saturated heterocycles. The fraction of sp³-hybridized carbons (Fsp3) is 0.828. The highest BCUT2D eigenvalue weighted by molar-refractivity contribution is 6.82. The van der Waals surface area contributed by atoms with Crippen LogP contribution >= 0.6 is 0 Å². The molecule has 0 saturated carbocycles. The number of nitrogens with zero attached hydrogens (tertiary/aromatic N) is 1. The van der Waals surface area contributed by atoms with Gasteiger partial charge in [-0.05, 0) is 44.6 Å². The number of hydrogen-bond donors (Lipinski definition) is 0. The van der Waals surface area contributed by atoms with Gasteiger partial charge in [-0.2, -0.15) is 0 Å². The van der Waals surface area contributed by atoms with Crippen molar-refractivity contribution >= 4 is 22.4 Å². The van der Waals surface area contributed by atoms with E-state index in [1.807, 2.05) is 0 Å². The average molecular weight is 478 g/mol. The first-order valence-corrected chi connectivity index (χ1v) is 19.9. The highest BCUT2D eigenvalue weighted by Crippen LogP contribution is 2.32. The molecule has 0 atom stereocenters. The standard InChI is InChI=1S/C29H59NSi2/c1-7-13-26-31(22-9-3,23-10-4)28-19-17-15-16-18-20-30-21-29-32(24-11-5,25-12-6)27-14-8-2/h7-8,13-14,21H,9-12,15-20,22-29H2,1-6H3/b13-7+,14-8+,30-21?. The van der Waals surface area contributed by atoms with E-state index >= 15 is 0 Å². The minimum atomic E-state index is -1.18. The van der Waals surface area contributed by atoms with Crippen molar-refractivity contribution in [1.82, 2.24) is 0 Å². The van der Waals surface area contributed by atoms with E-state index in [2.05, 4.69) is 72.1 Å². The summed E-state index contributed by atoms with van der Waals surface area (Å²) in [4.78, 5) is 4.85. The minimum Gasteiger partial charge on any atom is -0.298 e. The van der Waals surface area contributed by atoms with E-state index in [4.69, 9.17) is 4.99 Å². The average Bonchev–Trinajstić information content (AvgIpc) is 2.78. The van der Waals surface area contributed by atoms with Crippen LogP contribution in [0, 0.1) is 0 Å². The molecule has 0 rings (SSSR count). The van der Waals surface area contributed by atoms with Gasteiger partial charge >= 0.3 is 0 Å². The van der Waals surface area contributed by atoms with Gasteiger partial charge < -0.3 is 0 Å². The molecule has 0 fully saturated rings. The Bertz CT molecular complexity index is 483. The molecule has 0 N–H and O–H groups in total. The van der Waals surface area contributed by atoms with Crippen molar-refractivity contribution in [3.8, 4) is 0 Å². The minimum absolute atomic E-state index is 1.05. The molecular formula is C29H59NSi2. The van der Waals surface area contributed by atoms with E-state index in [0.717, 1.165) is 6.54 Å². The molecule has 32 heavy (non-hydrogen) atoms. The quantitative estimate of drug-likeness (QED) is 0.0636. The van der Waals surface area contributed by atoms with Crippen molar-refractivity contribution in [3.05, 3.63) is 24.3 Å². The van der Waals surface area contributed by atoms with Crippen LogP contribution in [0.1, 0.15) is 99.3 Å². The molecular weight excluding hydrogens is 418 g/mol. The van der Waals surface area contributed by atoms with Gasteiger partial charge in [-0.3, -0.25) is 4.99 Å². The molecule has 0 amide bonds. The first-order valence-electron chi connectivity index (χ1n) is 14.3. The lowest BCUT2D eigenvalue weighted by molar-refractivity contribution is 0.634. The van der Waals surface area contributed by atoms with Crippen molar-refractivity contribution in [3.63, 3.8) is 0 Å². The maximum Gasteiger partial charge on any atom is 0.0626 e. The van der Waals surface area contributed by atoms with E-state index in [9.17, 15) is 0 Å². The van der Waals surface area contributed by atoms with Gasteiger partial charge in [-0.1, -0.05) is 134 Å². The van der Waals surface area contributed by atoms with Crippen LogP contribution in [-0.4, -0.2) is 28.9 Å². The molecule has 0 aliphatic rings. The van der Waals surface area contributed by atoms with E-state index in [-0.39, 0.29) is 0 Å². The van der Waals surface area contributed by atoms with Crippen molar-refractivity contribution in [1.29, 1.82) is 0 Å². The summed E-state index contributed by atoms with van der Waals surface area (Å²) in [5.41, 5.74) is 0. The largest absolute Gasteiger partial charge is 0.298 e. The second kappa shape index (κ2) is 21.1. The molecule has 0 spiro atoms. The van der Waals surface area contributed by atoms with E-state index < -0.39 is 16.1 Å². The second-order valence-corrected chi connectivity index (χ2v) is 20.1. The van der Waals surface area contributed by atoms with Crippen LogP contribution in [0.15, 0.2) is 29.3 Å². The number of unbranched alkanes of at least 4 members (excludes halogenated alkanes) is 4. The van der Waals surface area contributed by atoms with Crippen LogP contribution in [0.3, 0.4) is 0 Å². The molecule has 188 valence electrons. The molecule has 1 nitrogen and oxygen atoms in total. The second-order valence-electron chi connectivity index (χ2n) is 10.4. The number of hydrogen-bond acceptors (Lipinski definition) is 1. The Kier molecular flexibility index (Phi) is 20.9. The van der Waals surface area contributed by atoms with Gasteiger partial charge in [0.25, 0.3) is 0 Å². The lowest BCUT2D eigenvalue weighted by Gasteiger charge is -2.30. The third kappa shape index (κ3) is 14.7. The summed E-state index contributed by atoms with van der Waals surface area (Å²) in [5, 5.41) is 0. The number of aliphatic imine (C=N–C) groups is 1. The normalized spacial score (nSPS) is 13.3. The first kappa shape index (κ1) is 31.6. The summed E-state index contributed by atoms with van der Waals surface area (Å²) in [6, 6.07) is 11.6. The summed E-state index contributed by atoms with van der Waals surface area (Å²) >= 11 is 0. The Morgan fingerprint density at radius 3 is 1.53 bits per heavy atom. The topological polar surface area (TPSA) is 12.4 Å². The van der Waals surface area contributed by atoms with Gasteiger partial charge in [0.05, 0.1) is 16.1 Å². The summed E-state index contributed by atoms with van der Waals surface area (Å²) in [7, 11) is -2.24. The SMILES string of the molecule is C/C=C/C[Si](CC=NCCCCCCC[Si](C/C=C/C)(CCC)CCC)(CCC)CCC. The molecule has 0 aromatic rings. The summed E-state index contributed by atoms with van der Waals surface area (Å²) < 4.78 is 0. The molecule has 0 radical (unpaired) electrons. The van der Waals surface area contributed by atoms with Crippen molar-refractivity contribution in [2.75, 3.05) is 6.54 Å². The lowest BCUT2D eigenvalue weighted by atomic mass is 10.1.